The van der Waals surface area contributed by atoms with E-state index in [-0.39, 0.29) is 0 Å². The van der Waals surface area contributed by atoms with Crippen molar-refractivity contribution in [2.75, 3.05) is 7.05 Å². The SMILES string of the molecule is C=N/C(C)=C\NC. The van der Waals surface area contributed by atoms with Crippen LogP contribution in [0.3, 0.4) is 0 Å². The molecule has 0 saturated carbocycles. The van der Waals surface area contributed by atoms with E-state index in [1.807, 2.05) is 14.0 Å². The first-order valence-electron chi connectivity index (χ1n) is 2.12. The Morgan fingerprint density at radius 1 is 1.86 bits per heavy atom. The highest BCUT2D eigenvalue weighted by Gasteiger charge is 1.71. The van der Waals surface area contributed by atoms with Crippen molar-refractivity contribution in [3.8, 4) is 0 Å². The predicted molar refractivity (Wildman–Crippen MR) is 32.4 cm³/mol. The summed E-state index contributed by atoms with van der Waals surface area (Å²) in [4.78, 5) is 3.63. The summed E-state index contributed by atoms with van der Waals surface area (Å²) in [5.74, 6) is 0. The molecule has 0 atom stereocenters. The number of nitrogens with one attached hydrogen (secondary N) is 1. The molecule has 0 spiro atoms. The van der Waals surface area contributed by atoms with E-state index in [0.29, 0.717) is 0 Å². The molecular formula is C5H10N2. The fourth-order valence-electron chi connectivity index (χ4n) is 0.255. The molecule has 0 bridgehead atoms. The zero-order chi connectivity index (χ0) is 5.70. The van der Waals surface area contributed by atoms with Gasteiger partial charge >= 0.3 is 0 Å². The Balaban J connectivity index is 3.49. The summed E-state index contributed by atoms with van der Waals surface area (Å²) < 4.78 is 0. The molecule has 0 aromatic rings. The van der Waals surface area contributed by atoms with Crippen LogP contribution in [0.5, 0.6) is 0 Å². The summed E-state index contributed by atoms with van der Waals surface area (Å²) in [5.41, 5.74) is 0.905. The minimum absolute atomic E-state index is 0.905. The van der Waals surface area contributed by atoms with Crippen LogP contribution in [0.4, 0.5) is 0 Å². The van der Waals surface area contributed by atoms with Crippen molar-refractivity contribution in [2.24, 2.45) is 4.99 Å². The van der Waals surface area contributed by atoms with Crippen LogP contribution in [0.15, 0.2) is 16.9 Å². The molecule has 2 nitrogen and oxygen atoms in total. The van der Waals surface area contributed by atoms with Gasteiger partial charge in [0.1, 0.15) is 0 Å². The molecule has 40 valence electrons. The van der Waals surface area contributed by atoms with E-state index in [1.165, 1.54) is 0 Å². The molecule has 7 heavy (non-hydrogen) atoms. The molecule has 2 heteroatoms. The van der Waals surface area contributed by atoms with E-state index in [4.69, 9.17) is 0 Å². The van der Waals surface area contributed by atoms with Crippen molar-refractivity contribution < 1.29 is 0 Å². The maximum Gasteiger partial charge on any atom is 0.0521 e. The van der Waals surface area contributed by atoms with Gasteiger partial charge in [-0.1, -0.05) is 0 Å². The zero-order valence-corrected chi connectivity index (χ0v) is 4.73. The van der Waals surface area contributed by atoms with Gasteiger partial charge in [-0.25, -0.2) is 0 Å². The number of nitrogens with zero attached hydrogens (tertiary/aromatic N) is 1. The molecular weight excluding hydrogens is 88.1 g/mol. The molecule has 0 aliphatic rings. The van der Waals surface area contributed by atoms with Crippen LogP contribution >= 0.6 is 0 Å². The Morgan fingerprint density at radius 3 is 2.57 bits per heavy atom. The van der Waals surface area contributed by atoms with E-state index in [0.717, 1.165) is 5.70 Å². The van der Waals surface area contributed by atoms with Gasteiger partial charge in [-0.2, -0.15) is 0 Å². The fourth-order valence-corrected chi connectivity index (χ4v) is 0.255. The van der Waals surface area contributed by atoms with Crippen LogP contribution < -0.4 is 5.32 Å². The zero-order valence-electron chi connectivity index (χ0n) is 4.73. The van der Waals surface area contributed by atoms with Crippen LogP contribution in [-0.4, -0.2) is 13.8 Å². The second-order valence-electron chi connectivity index (χ2n) is 1.23. The van der Waals surface area contributed by atoms with E-state index >= 15 is 0 Å². The highest BCUT2D eigenvalue weighted by molar-refractivity contribution is 5.27. The minimum atomic E-state index is 0.905. The number of aliphatic imine (C=N–C) groups is 1. The minimum Gasteiger partial charge on any atom is -0.393 e. The lowest BCUT2D eigenvalue weighted by atomic mass is 10.6. The summed E-state index contributed by atoms with van der Waals surface area (Å²) in [6.45, 7) is 5.20. The monoisotopic (exact) mass is 98.1 g/mol. The molecule has 0 aromatic carbocycles. The van der Waals surface area contributed by atoms with Crippen molar-refractivity contribution in [3.63, 3.8) is 0 Å². The Labute approximate surface area is 44.0 Å². The molecule has 0 unspecified atom stereocenters. The second kappa shape index (κ2) is 3.40. The molecule has 1 N–H and O–H groups in total. The van der Waals surface area contributed by atoms with Gasteiger partial charge in [0.15, 0.2) is 0 Å². The largest absolute Gasteiger partial charge is 0.393 e. The normalized spacial score (nSPS) is 10.9. The van der Waals surface area contributed by atoms with E-state index in [2.05, 4.69) is 17.0 Å². The van der Waals surface area contributed by atoms with Gasteiger partial charge in [-0.15, -0.1) is 0 Å². The summed E-state index contributed by atoms with van der Waals surface area (Å²) in [5, 5.41) is 2.82. The first-order chi connectivity index (χ1) is 3.31. The van der Waals surface area contributed by atoms with Crippen LogP contribution in [-0.2, 0) is 0 Å². The summed E-state index contributed by atoms with van der Waals surface area (Å²) in [6, 6.07) is 0. The standard InChI is InChI=1S/C5H10N2/c1-5(7-3)4-6-2/h4,6H,3H2,1-2H3/b5-4-. The third-order valence-corrected chi connectivity index (χ3v) is 0.603. The van der Waals surface area contributed by atoms with Crippen molar-refractivity contribution in [2.45, 2.75) is 6.92 Å². The second-order valence-corrected chi connectivity index (χ2v) is 1.23. The maximum atomic E-state index is 3.63. The third kappa shape index (κ3) is 3.03. The van der Waals surface area contributed by atoms with Crippen LogP contribution in [0, 0.1) is 0 Å². The van der Waals surface area contributed by atoms with Gasteiger partial charge in [0, 0.05) is 13.2 Å². The van der Waals surface area contributed by atoms with Crippen molar-refractivity contribution >= 4 is 6.72 Å². The molecule has 0 aromatic heterocycles. The van der Waals surface area contributed by atoms with E-state index in [1.54, 1.807) is 6.20 Å². The quantitative estimate of drug-likeness (QED) is 0.507. The number of rotatable bonds is 2. The third-order valence-electron chi connectivity index (χ3n) is 0.603. The predicted octanol–water partition coefficient (Wildman–Crippen LogP) is 0.768. The van der Waals surface area contributed by atoms with E-state index in [9.17, 15) is 0 Å². The molecule has 0 rings (SSSR count). The molecule has 0 aliphatic heterocycles. The number of allylic oxidation sites excluding steroid dienone is 1. The maximum absolute atomic E-state index is 3.63. The Morgan fingerprint density at radius 2 is 2.43 bits per heavy atom. The van der Waals surface area contributed by atoms with Gasteiger partial charge in [0.2, 0.25) is 0 Å². The van der Waals surface area contributed by atoms with Gasteiger partial charge in [-0.3, -0.25) is 4.99 Å². The Bertz CT molecular complexity index is 84.1. The lowest BCUT2D eigenvalue weighted by molar-refractivity contribution is 1.06. The lowest BCUT2D eigenvalue weighted by Gasteiger charge is -1.86. The van der Waals surface area contributed by atoms with Gasteiger partial charge in [0.05, 0.1) is 5.70 Å². The van der Waals surface area contributed by atoms with Gasteiger partial charge in [0.25, 0.3) is 0 Å². The fraction of sp³-hybridized carbons (Fsp3) is 0.400. The van der Waals surface area contributed by atoms with Gasteiger partial charge < -0.3 is 5.32 Å². The molecule has 0 heterocycles. The molecule has 0 radical (unpaired) electrons. The summed E-state index contributed by atoms with van der Waals surface area (Å²) in [6.07, 6.45) is 1.78. The lowest BCUT2D eigenvalue weighted by Crippen LogP contribution is -1.92. The topological polar surface area (TPSA) is 24.4 Å². The molecule has 0 saturated heterocycles. The number of hydrogen-bond acceptors (Lipinski definition) is 2. The Hall–Kier alpha value is -0.790. The summed E-state index contributed by atoms with van der Waals surface area (Å²) >= 11 is 0. The average Bonchev–Trinajstić information content (AvgIpc) is 1.68. The number of hydrogen-bond donors (Lipinski definition) is 1. The molecule has 0 amide bonds. The molecule has 0 fully saturated rings. The highest BCUT2D eigenvalue weighted by Crippen LogP contribution is 1.85. The van der Waals surface area contributed by atoms with E-state index < -0.39 is 0 Å². The highest BCUT2D eigenvalue weighted by atomic mass is 14.8. The Kier molecular flexibility index (Phi) is 3.02. The van der Waals surface area contributed by atoms with Crippen LogP contribution in [0.25, 0.3) is 0 Å². The van der Waals surface area contributed by atoms with Gasteiger partial charge in [-0.05, 0) is 13.6 Å². The van der Waals surface area contributed by atoms with Crippen LogP contribution in [0.2, 0.25) is 0 Å². The van der Waals surface area contributed by atoms with Crippen molar-refractivity contribution in [1.82, 2.24) is 5.32 Å². The molecule has 0 aliphatic carbocycles. The first kappa shape index (κ1) is 6.21. The first-order valence-corrected chi connectivity index (χ1v) is 2.12. The smallest absolute Gasteiger partial charge is 0.0521 e. The average molecular weight is 98.1 g/mol. The van der Waals surface area contributed by atoms with Crippen LogP contribution in [0.1, 0.15) is 6.92 Å². The van der Waals surface area contributed by atoms with Crippen molar-refractivity contribution in [1.29, 1.82) is 0 Å². The van der Waals surface area contributed by atoms with Crippen molar-refractivity contribution in [3.05, 3.63) is 11.9 Å². The summed E-state index contributed by atoms with van der Waals surface area (Å²) in [7, 11) is 1.83.